The molecule has 7 heteroatoms. The van der Waals surface area contributed by atoms with E-state index in [0.717, 1.165) is 55.3 Å². The number of amides is 3. The summed E-state index contributed by atoms with van der Waals surface area (Å²) in [6.07, 6.45) is 4.92. The van der Waals surface area contributed by atoms with Gasteiger partial charge in [-0.05, 0) is 106 Å². The van der Waals surface area contributed by atoms with Crippen LogP contribution >= 0.6 is 0 Å². The highest BCUT2D eigenvalue weighted by Crippen LogP contribution is 2.40. The van der Waals surface area contributed by atoms with E-state index in [0.29, 0.717) is 18.7 Å². The van der Waals surface area contributed by atoms with Gasteiger partial charge in [-0.2, -0.15) is 0 Å². The van der Waals surface area contributed by atoms with Crippen molar-refractivity contribution in [2.75, 3.05) is 18.4 Å². The molecule has 0 aromatic heterocycles. The highest BCUT2D eigenvalue weighted by atomic mass is 16.6. The molecule has 7 nitrogen and oxygen atoms in total. The number of carbonyl (C=O) groups is 3. The van der Waals surface area contributed by atoms with Gasteiger partial charge >= 0.3 is 6.09 Å². The number of rotatable bonds is 6. The van der Waals surface area contributed by atoms with Crippen LogP contribution in [0.3, 0.4) is 0 Å². The molecule has 4 atom stereocenters. The highest BCUT2D eigenvalue weighted by molar-refractivity contribution is 5.97. The van der Waals surface area contributed by atoms with E-state index in [1.54, 1.807) is 0 Å². The van der Waals surface area contributed by atoms with Gasteiger partial charge in [-0.1, -0.05) is 57.5 Å². The summed E-state index contributed by atoms with van der Waals surface area (Å²) in [6, 6.07) is 15.6. The summed E-state index contributed by atoms with van der Waals surface area (Å²) >= 11 is 0. The van der Waals surface area contributed by atoms with Crippen molar-refractivity contribution < 1.29 is 19.1 Å². The normalized spacial score (nSPS) is 22.9. The van der Waals surface area contributed by atoms with Gasteiger partial charge in [0.05, 0.1) is 5.92 Å². The fourth-order valence-electron chi connectivity index (χ4n) is 6.76. The number of ether oxygens (including phenoxy) is 1. The number of benzene rings is 2. The summed E-state index contributed by atoms with van der Waals surface area (Å²) < 4.78 is 5.46. The second kappa shape index (κ2) is 13.5. The molecule has 2 fully saturated rings. The van der Waals surface area contributed by atoms with Gasteiger partial charge in [0.1, 0.15) is 5.60 Å². The lowest BCUT2D eigenvalue weighted by Gasteiger charge is -2.47. The van der Waals surface area contributed by atoms with Gasteiger partial charge in [0.2, 0.25) is 5.91 Å². The zero-order valence-electron chi connectivity index (χ0n) is 27.2. The highest BCUT2D eigenvalue weighted by Gasteiger charge is 2.44. The van der Waals surface area contributed by atoms with Crippen LogP contribution in [0.2, 0.25) is 0 Å². The molecule has 2 N–H and O–H groups in total. The number of nitrogens with one attached hydrogen (secondary N) is 2. The molecule has 43 heavy (non-hydrogen) atoms. The molecule has 1 saturated carbocycles. The summed E-state index contributed by atoms with van der Waals surface area (Å²) in [4.78, 5) is 42.5. The number of aryl methyl sites for hydroxylation is 1. The maximum atomic E-state index is 14.1. The van der Waals surface area contributed by atoms with Crippen molar-refractivity contribution in [1.82, 2.24) is 10.2 Å². The first kappa shape index (κ1) is 32.6. The van der Waals surface area contributed by atoms with E-state index in [4.69, 9.17) is 4.74 Å². The molecule has 0 radical (unpaired) electrons. The third kappa shape index (κ3) is 8.61. The summed E-state index contributed by atoms with van der Waals surface area (Å²) in [6.45, 7) is 15.2. The number of piperidine rings is 1. The fraction of sp³-hybridized carbons (Fsp3) is 0.583. The zero-order chi connectivity index (χ0) is 31.4. The largest absolute Gasteiger partial charge is 0.444 e. The van der Waals surface area contributed by atoms with E-state index in [1.807, 2.05) is 69.0 Å². The topological polar surface area (TPSA) is 87.7 Å². The van der Waals surface area contributed by atoms with E-state index in [-0.39, 0.29) is 41.0 Å². The van der Waals surface area contributed by atoms with Gasteiger partial charge in [-0.25, -0.2) is 4.79 Å². The van der Waals surface area contributed by atoms with Gasteiger partial charge < -0.3 is 20.3 Å². The van der Waals surface area contributed by atoms with Gasteiger partial charge in [-0.3, -0.25) is 9.59 Å². The number of alkyl carbamates (subject to hydrolysis) is 1. The van der Waals surface area contributed by atoms with Crippen LogP contribution in [0.5, 0.6) is 0 Å². The van der Waals surface area contributed by atoms with E-state index in [2.05, 4.69) is 43.5 Å². The Morgan fingerprint density at radius 3 is 2.37 bits per heavy atom. The molecule has 234 valence electrons. The first-order chi connectivity index (χ1) is 20.2. The van der Waals surface area contributed by atoms with Crippen molar-refractivity contribution in [3.8, 4) is 0 Å². The van der Waals surface area contributed by atoms with Crippen LogP contribution in [-0.2, 0) is 14.9 Å². The average Bonchev–Trinajstić information content (AvgIpc) is 2.94. The van der Waals surface area contributed by atoms with Gasteiger partial charge in [0, 0.05) is 30.4 Å². The average molecular weight is 590 g/mol. The Balaban J connectivity index is 1.58. The Hall–Kier alpha value is -3.35. The first-order valence-corrected chi connectivity index (χ1v) is 16.0. The van der Waals surface area contributed by atoms with Gasteiger partial charge in [0.25, 0.3) is 5.91 Å². The molecular weight excluding hydrogens is 538 g/mol. The summed E-state index contributed by atoms with van der Waals surface area (Å²) in [5, 5.41) is 6.19. The number of carbonyl (C=O) groups excluding carboxylic acids is 3. The number of nitrogens with zero attached hydrogens (tertiary/aromatic N) is 1. The predicted molar refractivity (Wildman–Crippen MR) is 172 cm³/mol. The lowest BCUT2D eigenvalue weighted by atomic mass is 9.71. The van der Waals surface area contributed by atoms with Crippen molar-refractivity contribution in [3.05, 3.63) is 65.2 Å². The number of likely N-dealkylation sites (tertiary alicyclic amines) is 1. The molecule has 2 aliphatic rings. The second-order valence-corrected chi connectivity index (χ2v) is 14.5. The summed E-state index contributed by atoms with van der Waals surface area (Å²) in [5.74, 6) is 0.0826. The molecule has 1 heterocycles. The number of hydrogen-bond donors (Lipinski definition) is 2. The van der Waals surface area contributed by atoms with Gasteiger partial charge in [0.15, 0.2) is 0 Å². The standard InChI is InChI=1S/C36H51N3O4/c1-24-13-8-9-18-29(24)33(41)39-20-12-19-30(32(40)38-28-17-11-16-27(22-28)35(2,3)4)31(39)26-15-10-14-25(21-26)23-37-34(42)43-36(5,6)7/h8-9,11,13,16-18,22,25-26,30-31H,10,12,14-15,19-21,23H2,1-7H3,(H,37,42)(H,38,40)/t25-,26?,30?,31?/m1/s1. The van der Waals surface area contributed by atoms with E-state index in [1.165, 1.54) is 0 Å². The molecule has 1 aliphatic heterocycles. The Morgan fingerprint density at radius 2 is 1.67 bits per heavy atom. The molecule has 3 unspecified atom stereocenters. The molecule has 4 rings (SSSR count). The molecule has 3 amide bonds. The third-order valence-corrected chi connectivity index (χ3v) is 8.90. The van der Waals surface area contributed by atoms with Crippen molar-refractivity contribution in [2.24, 2.45) is 17.8 Å². The molecule has 0 spiro atoms. The Labute approximate surface area is 258 Å². The minimum atomic E-state index is -0.551. The molecule has 1 aliphatic carbocycles. The first-order valence-electron chi connectivity index (χ1n) is 16.0. The maximum absolute atomic E-state index is 14.1. The summed E-state index contributed by atoms with van der Waals surface area (Å²) in [7, 11) is 0. The number of hydrogen-bond acceptors (Lipinski definition) is 4. The minimum Gasteiger partial charge on any atom is -0.444 e. The van der Waals surface area contributed by atoms with Crippen LogP contribution in [0.15, 0.2) is 48.5 Å². The fourth-order valence-corrected chi connectivity index (χ4v) is 6.76. The van der Waals surface area contributed by atoms with Crippen LogP contribution in [0, 0.1) is 24.7 Å². The molecular formula is C36H51N3O4. The Bertz CT molecular complexity index is 1290. The van der Waals surface area contributed by atoms with Crippen molar-refractivity contribution in [2.45, 2.75) is 104 Å². The van der Waals surface area contributed by atoms with E-state index in [9.17, 15) is 14.4 Å². The smallest absolute Gasteiger partial charge is 0.407 e. The van der Waals surface area contributed by atoms with Crippen molar-refractivity contribution in [3.63, 3.8) is 0 Å². The van der Waals surface area contributed by atoms with Crippen molar-refractivity contribution >= 4 is 23.6 Å². The maximum Gasteiger partial charge on any atom is 0.407 e. The van der Waals surface area contributed by atoms with Crippen molar-refractivity contribution in [1.29, 1.82) is 0 Å². The minimum absolute atomic E-state index is 0.00401. The van der Waals surface area contributed by atoms with Gasteiger partial charge in [-0.15, -0.1) is 0 Å². The predicted octanol–water partition coefficient (Wildman–Crippen LogP) is 7.48. The molecule has 0 bridgehead atoms. The lowest BCUT2D eigenvalue weighted by Crippen LogP contribution is -2.56. The summed E-state index contributed by atoms with van der Waals surface area (Å²) in [5.41, 5.74) is 3.02. The van der Waals surface area contributed by atoms with Crippen LogP contribution in [-0.4, -0.2) is 47.5 Å². The van der Waals surface area contributed by atoms with E-state index < -0.39 is 11.7 Å². The van der Waals surface area contributed by atoms with Crippen LogP contribution < -0.4 is 10.6 Å². The zero-order valence-corrected chi connectivity index (χ0v) is 27.2. The monoisotopic (exact) mass is 589 g/mol. The number of anilines is 1. The Morgan fingerprint density at radius 1 is 0.930 bits per heavy atom. The van der Waals surface area contributed by atoms with E-state index >= 15 is 0 Å². The van der Waals surface area contributed by atoms with Crippen LogP contribution in [0.1, 0.15) is 102 Å². The molecule has 2 aromatic carbocycles. The van der Waals surface area contributed by atoms with Crippen LogP contribution in [0.25, 0.3) is 0 Å². The van der Waals surface area contributed by atoms with Crippen LogP contribution in [0.4, 0.5) is 10.5 Å². The molecule has 2 aromatic rings. The SMILES string of the molecule is Cc1ccccc1C(=O)N1CCCC(C(=O)Nc2cccc(C(C)(C)C)c2)C1C1CCC[C@@H](CNC(=O)OC(C)(C)C)C1. The second-order valence-electron chi connectivity index (χ2n) is 14.5. The molecule has 1 saturated heterocycles. The lowest BCUT2D eigenvalue weighted by molar-refractivity contribution is -0.124. The third-order valence-electron chi connectivity index (χ3n) is 8.90. The Kier molecular flexibility index (Phi) is 10.2. The quantitative estimate of drug-likeness (QED) is 0.366.